The molecule has 3 aliphatic heterocycles. The second-order valence-corrected chi connectivity index (χ2v) is 9.94. The first-order valence-corrected chi connectivity index (χ1v) is 13.0. The third-order valence-corrected chi connectivity index (χ3v) is 7.87. The van der Waals surface area contributed by atoms with Crippen LogP contribution in [-0.2, 0) is 14.4 Å². The van der Waals surface area contributed by atoms with Crippen LogP contribution in [0, 0.1) is 0 Å². The van der Waals surface area contributed by atoms with E-state index in [1.165, 1.54) is 22.7 Å². The number of Topliss-reactive ketones (excluding diaryl/α,β-unsaturated/α-hetero) is 1. The Kier molecular flexibility index (Phi) is 5.62. The Labute approximate surface area is 221 Å². The summed E-state index contributed by atoms with van der Waals surface area (Å²) in [5.74, 6) is 1.05. The van der Waals surface area contributed by atoms with Gasteiger partial charge in [0.25, 0.3) is 5.91 Å². The number of aromatic nitrogens is 2. The molecule has 1 aromatic heterocycles. The van der Waals surface area contributed by atoms with Gasteiger partial charge in [-0.2, -0.15) is 0 Å². The normalized spacial score (nSPS) is 18.8. The van der Waals surface area contributed by atoms with Crippen LogP contribution in [0.2, 0.25) is 5.02 Å². The second kappa shape index (κ2) is 8.86. The number of halogens is 1. The molecule has 0 bridgehead atoms. The summed E-state index contributed by atoms with van der Waals surface area (Å²) in [4.78, 5) is 54.6. The number of amides is 1. The van der Waals surface area contributed by atoms with E-state index in [0.717, 1.165) is 10.7 Å². The number of anilines is 3. The van der Waals surface area contributed by atoms with Gasteiger partial charge in [0, 0.05) is 23.0 Å². The van der Waals surface area contributed by atoms with Gasteiger partial charge in [0.1, 0.15) is 10.9 Å². The average Bonchev–Trinajstić information content (AvgIpc) is 3.42. The van der Waals surface area contributed by atoms with Crippen LogP contribution >= 0.6 is 23.4 Å². The lowest BCUT2D eigenvalue weighted by Crippen LogP contribution is -2.38. The Hall–Kier alpha value is -3.95. The largest absolute Gasteiger partial charge is 0.310 e. The van der Waals surface area contributed by atoms with Gasteiger partial charge in [-0.15, -0.1) is 0 Å². The molecule has 1 amide bonds. The van der Waals surface area contributed by atoms with Gasteiger partial charge in [0.2, 0.25) is 5.78 Å². The Morgan fingerprint density at radius 3 is 2.35 bits per heavy atom. The molecule has 0 radical (unpaired) electrons. The number of hydrogen-bond donors (Lipinski definition) is 0. The molecule has 0 fully saturated rings. The van der Waals surface area contributed by atoms with Crippen molar-refractivity contribution in [2.75, 3.05) is 27.8 Å². The van der Waals surface area contributed by atoms with Crippen molar-refractivity contribution in [2.24, 2.45) is 0 Å². The highest BCUT2D eigenvalue weighted by Gasteiger charge is 2.42. The molecule has 10 heteroatoms. The van der Waals surface area contributed by atoms with E-state index >= 15 is 0 Å². The Morgan fingerprint density at radius 1 is 0.946 bits per heavy atom. The fraction of sp³-hybridized carbons (Fsp3) is 0.148. The molecule has 3 aliphatic rings. The van der Waals surface area contributed by atoms with Crippen LogP contribution in [0.4, 0.5) is 17.3 Å². The zero-order valence-electron chi connectivity index (χ0n) is 19.9. The summed E-state index contributed by atoms with van der Waals surface area (Å²) in [6.45, 7) is 5.16. The zero-order valence-corrected chi connectivity index (χ0v) is 21.5. The first-order valence-electron chi connectivity index (χ1n) is 11.8. The molecule has 0 N–H and O–H groups in total. The maximum Gasteiger partial charge on any atom is 0.267 e. The first-order chi connectivity index (χ1) is 18.0. The van der Waals surface area contributed by atoms with Gasteiger partial charge in [-0.1, -0.05) is 35.5 Å². The standard InChI is InChI=1S/C27H20ClN5O3S/c1-3-31-22(32(4-2)25-24(31)29-18-11-9-15(28)13-19(18)30-25)12-10-16-23(35)17(14-34)27-33(26(16)36)20-7-5-6-8-21(20)37-27/h5-14H,3-4H2,1-2H3/b16-10+,22-12+. The van der Waals surface area contributed by atoms with E-state index in [-0.39, 0.29) is 11.1 Å². The molecule has 37 heavy (non-hydrogen) atoms. The maximum atomic E-state index is 13.5. The molecule has 0 saturated heterocycles. The first kappa shape index (κ1) is 23.4. The van der Waals surface area contributed by atoms with Gasteiger partial charge < -0.3 is 9.80 Å². The third-order valence-electron chi connectivity index (χ3n) is 6.47. The molecule has 3 aromatic rings. The topological polar surface area (TPSA) is 86.7 Å². The predicted octanol–water partition coefficient (Wildman–Crippen LogP) is 4.85. The van der Waals surface area contributed by atoms with E-state index < -0.39 is 11.7 Å². The molecule has 4 heterocycles. The Bertz CT molecular complexity index is 1630. The van der Waals surface area contributed by atoms with Gasteiger partial charge in [-0.05, 0) is 56.3 Å². The van der Waals surface area contributed by atoms with Gasteiger partial charge in [0.15, 0.2) is 17.9 Å². The van der Waals surface area contributed by atoms with Crippen molar-refractivity contribution >= 4 is 69.7 Å². The second-order valence-electron chi connectivity index (χ2n) is 8.47. The highest BCUT2D eigenvalue weighted by Crippen LogP contribution is 2.49. The highest BCUT2D eigenvalue weighted by atomic mass is 35.5. The summed E-state index contributed by atoms with van der Waals surface area (Å²) in [5.41, 5.74) is 1.96. The van der Waals surface area contributed by atoms with Crippen LogP contribution in [0.1, 0.15) is 13.8 Å². The fourth-order valence-corrected chi connectivity index (χ4v) is 6.08. The van der Waals surface area contributed by atoms with Crippen molar-refractivity contribution in [3.8, 4) is 0 Å². The van der Waals surface area contributed by atoms with Crippen LogP contribution in [0.5, 0.6) is 0 Å². The number of hydrogen-bond acceptors (Lipinski definition) is 8. The third kappa shape index (κ3) is 3.49. The fourth-order valence-electron chi connectivity index (χ4n) is 4.77. The number of allylic oxidation sites excluding steroid dienone is 3. The quantitative estimate of drug-likeness (QED) is 0.269. The molecular formula is C27H20ClN5O3S. The number of carbonyl (C=O) groups excluding carboxylic acids is 3. The van der Waals surface area contributed by atoms with E-state index in [0.29, 0.717) is 57.8 Å². The van der Waals surface area contributed by atoms with E-state index in [2.05, 4.69) is 0 Å². The molecule has 6 rings (SSSR count). The monoisotopic (exact) mass is 529 g/mol. The van der Waals surface area contributed by atoms with Crippen molar-refractivity contribution in [1.82, 2.24) is 9.97 Å². The molecule has 0 spiro atoms. The van der Waals surface area contributed by atoms with Gasteiger partial charge in [-0.3, -0.25) is 19.3 Å². The number of para-hydroxylation sites is 1. The summed E-state index contributed by atoms with van der Waals surface area (Å²) in [6.07, 6.45) is 3.75. The van der Waals surface area contributed by atoms with E-state index in [1.807, 2.05) is 47.9 Å². The van der Waals surface area contributed by atoms with Crippen molar-refractivity contribution in [3.05, 3.63) is 81.6 Å². The maximum absolute atomic E-state index is 13.5. The lowest BCUT2D eigenvalue weighted by atomic mass is 9.99. The van der Waals surface area contributed by atoms with Gasteiger partial charge in [-0.25, -0.2) is 9.97 Å². The molecule has 0 aliphatic carbocycles. The van der Waals surface area contributed by atoms with Crippen molar-refractivity contribution in [1.29, 1.82) is 0 Å². The van der Waals surface area contributed by atoms with Crippen molar-refractivity contribution < 1.29 is 14.4 Å². The van der Waals surface area contributed by atoms with Crippen LogP contribution in [0.25, 0.3) is 11.0 Å². The number of fused-ring (bicyclic) bond motifs is 5. The predicted molar refractivity (Wildman–Crippen MR) is 145 cm³/mol. The van der Waals surface area contributed by atoms with Crippen molar-refractivity contribution in [2.45, 2.75) is 18.7 Å². The summed E-state index contributed by atoms with van der Waals surface area (Å²) in [7, 11) is 0. The smallest absolute Gasteiger partial charge is 0.267 e. The number of ketones is 1. The molecule has 184 valence electrons. The molecule has 0 unspecified atom stereocenters. The van der Waals surface area contributed by atoms with Crippen LogP contribution in [-0.4, -0.2) is 41.0 Å². The minimum atomic E-state index is -0.582. The summed E-state index contributed by atoms with van der Waals surface area (Å²) < 4.78 is 0. The Morgan fingerprint density at radius 2 is 1.65 bits per heavy atom. The summed E-state index contributed by atoms with van der Waals surface area (Å²) in [6, 6.07) is 12.7. The van der Waals surface area contributed by atoms with E-state index in [9.17, 15) is 14.4 Å². The van der Waals surface area contributed by atoms with Gasteiger partial charge >= 0.3 is 0 Å². The number of rotatable bonds is 4. The zero-order chi connectivity index (χ0) is 25.8. The molecule has 0 saturated carbocycles. The highest BCUT2D eigenvalue weighted by molar-refractivity contribution is 8.04. The van der Waals surface area contributed by atoms with Gasteiger partial charge in [0.05, 0.1) is 27.9 Å². The van der Waals surface area contributed by atoms with E-state index in [1.54, 1.807) is 24.3 Å². The van der Waals surface area contributed by atoms with E-state index in [4.69, 9.17) is 21.6 Å². The van der Waals surface area contributed by atoms with Crippen LogP contribution in [0.15, 0.2) is 81.5 Å². The summed E-state index contributed by atoms with van der Waals surface area (Å²) >= 11 is 7.43. The van der Waals surface area contributed by atoms with Crippen molar-refractivity contribution in [3.63, 3.8) is 0 Å². The molecule has 8 nitrogen and oxygen atoms in total. The van der Waals surface area contributed by atoms with Crippen LogP contribution < -0.4 is 14.7 Å². The number of nitrogens with zero attached hydrogens (tertiary/aromatic N) is 5. The molecule has 0 atom stereocenters. The minimum Gasteiger partial charge on any atom is -0.310 e. The molecular weight excluding hydrogens is 510 g/mol. The SMILES string of the molecule is CCN1/C(=C\C=C2/C(=O)C(C=O)=C3Sc4ccccc4N3C2=O)N(CC)c2nc3cc(Cl)ccc3nc21. The van der Waals surface area contributed by atoms with Crippen LogP contribution in [0.3, 0.4) is 0 Å². The lowest BCUT2D eigenvalue weighted by Gasteiger charge is -2.25. The minimum absolute atomic E-state index is 0.0219. The average molecular weight is 530 g/mol. The number of carbonyl (C=O) groups is 3. The number of aldehydes is 1. The number of benzene rings is 2. The Balaban J connectivity index is 1.46. The number of thioether (sulfide) groups is 1. The summed E-state index contributed by atoms with van der Waals surface area (Å²) in [5, 5.41) is 0.929. The lowest BCUT2D eigenvalue weighted by molar-refractivity contribution is -0.120. The molecule has 2 aromatic carbocycles.